The zero-order valence-electron chi connectivity index (χ0n) is 8.35. The van der Waals surface area contributed by atoms with Crippen molar-refractivity contribution in [1.82, 2.24) is 0 Å². The van der Waals surface area contributed by atoms with Gasteiger partial charge in [0.2, 0.25) is 0 Å². The van der Waals surface area contributed by atoms with Crippen molar-refractivity contribution in [2.75, 3.05) is 5.75 Å². The minimum atomic E-state index is -0.273. The summed E-state index contributed by atoms with van der Waals surface area (Å²) in [6.07, 6.45) is 0. The Labute approximate surface area is 101 Å². The van der Waals surface area contributed by atoms with Crippen molar-refractivity contribution < 1.29 is 9.18 Å². The zero-order valence-corrected chi connectivity index (χ0v) is 9.98. The topological polar surface area (TPSA) is 17.1 Å². The van der Waals surface area contributed by atoms with Crippen molar-refractivity contribution in [2.24, 2.45) is 0 Å². The Morgan fingerprint density at radius 1 is 1.31 bits per heavy atom. The summed E-state index contributed by atoms with van der Waals surface area (Å²) in [5.41, 5.74) is 0.703. The molecule has 82 valence electrons. The summed E-state index contributed by atoms with van der Waals surface area (Å²) >= 11 is 2.72. The molecule has 0 fully saturated rings. The summed E-state index contributed by atoms with van der Waals surface area (Å²) in [5, 5.41) is 3.67. The monoisotopic (exact) mass is 252 g/mol. The van der Waals surface area contributed by atoms with Crippen LogP contribution in [0.1, 0.15) is 10.4 Å². The molecule has 0 aliphatic heterocycles. The summed E-state index contributed by atoms with van der Waals surface area (Å²) in [5.74, 6) is 0.0395. The highest BCUT2D eigenvalue weighted by Gasteiger charge is 2.08. The molecular weight excluding hydrogens is 243 g/mol. The molecular formula is C12H9FOS2. The van der Waals surface area contributed by atoms with Crippen molar-refractivity contribution in [1.29, 1.82) is 0 Å². The molecule has 0 saturated heterocycles. The Balaban J connectivity index is 1.98. The second kappa shape index (κ2) is 5.27. The van der Waals surface area contributed by atoms with Gasteiger partial charge in [0, 0.05) is 15.8 Å². The molecule has 1 aromatic heterocycles. The summed E-state index contributed by atoms with van der Waals surface area (Å²) in [4.78, 5) is 12.2. The van der Waals surface area contributed by atoms with Crippen LogP contribution in [0.3, 0.4) is 0 Å². The van der Waals surface area contributed by atoms with Crippen LogP contribution >= 0.6 is 23.1 Å². The van der Waals surface area contributed by atoms with Gasteiger partial charge in [-0.2, -0.15) is 11.3 Å². The molecule has 0 radical (unpaired) electrons. The second-order valence-electron chi connectivity index (χ2n) is 3.15. The first kappa shape index (κ1) is 11.4. The van der Waals surface area contributed by atoms with E-state index < -0.39 is 0 Å². The van der Waals surface area contributed by atoms with Gasteiger partial charge in [-0.1, -0.05) is 12.1 Å². The second-order valence-corrected chi connectivity index (χ2v) is 4.95. The Bertz CT molecular complexity index is 480. The lowest BCUT2D eigenvalue weighted by Crippen LogP contribution is -2.00. The minimum Gasteiger partial charge on any atom is -0.293 e. The fourth-order valence-corrected chi connectivity index (χ4v) is 2.71. The summed E-state index contributed by atoms with van der Waals surface area (Å²) in [6.45, 7) is 0. The fourth-order valence-electron chi connectivity index (χ4n) is 1.21. The van der Waals surface area contributed by atoms with Crippen LogP contribution < -0.4 is 0 Å². The fraction of sp³-hybridized carbons (Fsp3) is 0.0833. The van der Waals surface area contributed by atoms with Crippen molar-refractivity contribution in [3.05, 3.63) is 52.5 Å². The third-order valence-electron chi connectivity index (χ3n) is 2.04. The van der Waals surface area contributed by atoms with Gasteiger partial charge in [-0.3, -0.25) is 4.79 Å². The Hall–Kier alpha value is -1.13. The van der Waals surface area contributed by atoms with Crippen LogP contribution in [-0.4, -0.2) is 11.5 Å². The number of halogens is 1. The highest BCUT2D eigenvalue weighted by Crippen LogP contribution is 2.22. The molecule has 0 amide bonds. The molecule has 4 heteroatoms. The Morgan fingerprint density at radius 2 is 2.12 bits per heavy atom. The van der Waals surface area contributed by atoms with Crippen LogP contribution in [0.4, 0.5) is 4.39 Å². The van der Waals surface area contributed by atoms with Crippen LogP contribution in [0.2, 0.25) is 0 Å². The van der Waals surface area contributed by atoms with E-state index in [9.17, 15) is 9.18 Å². The van der Waals surface area contributed by atoms with E-state index in [2.05, 4.69) is 0 Å². The van der Waals surface area contributed by atoms with Crippen LogP contribution in [0.25, 0.3) is 0 Å². The van der Waals surface area contributed by atoms with E-state index in [0.29, 0.717) is 10.5 Å². The largest absolute Gasteiger partial charge is 0.293 e. The molecule has 0 aliphatic rings. The lowest BCUT2D eigenvalue weighted by Gasteiger charge is -2.01. The first-order valence-corrected chi connectivity index (χ1v) is 6.63. The molecule has 1 heterocycles. The van der Waals surface area contributed by atoms with Gasteiger partial charge in [0.05, 0.1) is 5.75 Å². The van der Waals surface area contributed by atoms with Crippen LogP contribution in [0.15, 0.2) is 46.0 Å². The molecule has 0 saturated carbocycles. The van der Waals surface area contributed by atoms with Gasteiger partial charge >= 0.3 is 0 Å². The molecule has 2 rings (SSSR count). The SMILES string of the molecule is O=C(CSc1ccccc1F)c1ccsc1. The molecule has 0 bridgehead atoms. The third kappa shape index (κ3) is 2.71. The van der Waals surface area contributed by atoms with Crippen molar-refractivity contribution >= 4 is 28.9 Å². The molecule has 0 aliphatic carbocycles. The number of carbonyl (C=O) groups is 1. The van der Waals surface area contributed by atoms with E-state index in [1.807, 2.05) is 10.8 Å². The number of thiophene rings is 1. The number of rotatable bonds is 4. The summed E-state index contributed by atoms with van der Waals surface area (Å²) < 4.78 is 13.3. The molecule has 16 heavy (non-hydrogen) atoms. The number of carbonyl (C=O) groups excluding carboxylic acids is 1. The molecule has 0 N–H and O–H groups in total. The average Bonchev–Trinajstić information content (AvgIpc) is 2.81. The van der Waals surface area contributed by atoms with Gasteiger partial charge in [-0.05, 0) is 23.6 Å². The average molecular weight is 252 g/mol. The minimum absolute atomic E-state index is 0.0366. The zero-order chi connectivity index (χ0) is 11.4. The predicted molar refractivity (Wildman–Crippen MR) is 65.8 cm³/mol. The summed E-state index contributed by atoms with van der Waals surface area (Å²) in [7, 11) is 0. The first-order valence-electron chi connectivity index (χ1n) is 4.70. The third-order valence-corrected chi connectivity index (χ3v) is 3.77. The van der Waals surface area contributed by atoms with Gasteiger partial charge < -0.3 is 0 Å². The highest BCUT2D eigenvalue weighted by molar-refractivity contribution is 8.00. The summed E-state index contributed by atoms with van der Waals surface area (Å²) in [6, 6.07) is 8.27. The Kier molecular flexibility index (Phi) is 3.74. The van der Waals surface area contributed by atoms with Crippen molar-refractivity contribution in [2.45, 2.75) is 4.90 Å². The molecule has 0 unspecified atom stereocenters. The van der Waals surface area contributed by atoms with Crippen LogP contribution in [0.5, 0.6) is 0 Å². The van der Waals surface area contributed by atoms with E-state index >= 15 is 0 Å². The van der Waals surface area contributed by atoms with Gasteiger partial charge in [-0.15, -0.1) is 11.8 Å². The number of benzene rings is 1. The van der Waals surface area contributed by atoms with E-state index in [-0.39, 0.29) is 17.4 Å². The maximum absolute atomic E-state index is 13.3. The van der Waals surface area contributed by atoms with Crippen LogP contribution in [0, 0.1) is 5.82 Å². The standard InChI is InChI=1S/C12H9FOS2/c13-10-3-1-2-4-12(10)16-8-11(14)9-5-6-15-7-9/h1-7H,8H2. The van der Waals surface area contributed by atoms with E-state index in [4.69, 9.17) is 0 Å². The first-order chi connectivity index (χ1) is 7.77. The molecule has 0 atom stereocenters. The number of thioether (sulfide) groups is 1. The normalized spacial score (nSPS) is 10.3. The van der Waals surface area contributed by atoms with E-state index in [0.717, 1.165) is 0 Å². The number of hydrogen-bond acceptors (Lipinski definition) is 3. The lowest BCUT2D eigenvalue weighted by molar-refractivity contribution is 0.102. The molecule has 1 nitrogen and oxygen atoms in total. The van der Waals surface area contributed by atoms with E-state index in [1.54, 1.807) is 24.3 Å². The molecule has 1 aromatic carbocycles. The maximum Gasteiger partial charge on any atom is 0.173 e. The van der Waals surface area contributed by atoms with Gasteiger partial charge in [0.25, 0.3) is 0 Å². The Morgan fingerprint density at radius 3 is 2.81 bits per heavy atom. The lowest BCUT2D eigenvalue weighted by atomic mass is 10.2. The predicted octanol–water partition coefficient (Wildman–Crippen LogP) is 3.86. The van der Waals surface area contributed by atoms with E-state index in [1.165, 1.54) is 29.2 Å². The number of ketones is 1. The van der Waals surface area contributed by atoms with Crippen molar-refractivity contribution in [3.63, 3.8) is 0 Å². The van der Waals surface area contributed by atoms with Gasteiger partial charge in [-0.25, -0.2) is 4.39 Å². The quantitative estimate of drug-likeness (QED) is 0.607. The maximum atomic E-state index is 13.3. The van der Waals surface area contributed by atoms with Gasteiger partial charge in [0.1, 0.15) is 5.82 Å². The number of hydrogen-bond donors (Lipinski definition) is 0. The van der Waals surface area contributed by atoms with Gasteiger partial charge in [0.15, 0.2) is 5.78 Å². The van der Waals surface area contributed by atoms with Crippen molar-refractivity contribution in [3.8, 4) is 0 Å². The number of Topliss-reactive ketones (excluding diaryl/α,β-unsaturated/α-hetero) is 1. The highest BCUT2D eigenvalue weighted by atomic mass is 32.2. The molecule has 2 aromatic rings. The smallest absolute Gasteiger partial charge is 0.173 e. The molecule has 0 spiro atoms. The van der Waals surface area contributed by atoms with Crippen LogP contribution in [-0.2, 0) is 0 Å².